The Labute approximate surface area is 124 Å². The van der Waals surface area contributed by atoms with E-state index in [1.165, 1.54) is 12.1 Å². The van der Waals surface area contributed by atoms with E-state index in [1.54, 1.807) is 0 Å². The number of aliphatic hydroxyl groups excluding tert-OH is 1. The number of rotatable bonds is 8. The molecule has 0 aliphatic heterocycles. The van der Waals surface area contributed by atoms with Gasteiger partial charge in [-0.1, -0.05) is 13.3 Å². The van der Waals surface area contributed by atoms with E-state index in [0.29, 0.717) is 6.42 Å². The molecular formula is C13H20N2O5S. The monoisotopic (exact) mass is 316 g/mol. The highest BCUT2D eigenvalue weighted by molar-refractivity contribution is 7.89. The number of benzene rings is 1. The Balaban J connectivity index is 3.30. The fourth-order valence-corrected chi connectivity index (χ4v) is 3.51. The normalized spacial score (nSPS) is 11.8. The second-order valence-electron chi connectivity index (χ2n) is 4.54. The maximum absolute atomic E-state index is 12.6. The molecule has 0 saturated carbocycles. The summed E-state index contributed by atoms with van der Waals surface area (Å²) >= 11 is 0. The number of hydrogen-bond donors (Lipinski definition) is 3. The number of nitrogens with zero attached hydrogens (tertiary/aromatic N) is 1. The summed E-state index contributed by atoms with van der Waals surface area (Å²) in [5.74, 6) is -1.36. The second kappa shape index (κ2) is 7.39. The van der Waals surface area contributed by atoms with Gasteiger partial charge in [0.15, 0.2) is 0 Å². The van der Waals surface area contributed by atoms with Gasteiger partial charge in [0, 0.05) is 18.8 Å². The molecule has 1 rings (SSSR count). The van der Waals surface area contributed by atoms with Crippen molar-refractivity contribution in [3.8, 4) is 0 Å². The zero-order valence-electron chi connectivity index (χ0n) is 11.8. The van der Waals surface area contributed by atoms with Gasteiger partial charge in [-0.15, -0.1) is 0 Å². The van der Waals surface area contributed by atoms with Crippen LogP contribution in [0.25, 0.3) is 0 Å². The summed E-state index contributed by atoms with van der Waals surface area (Å²) in [5.41, 5.74) is 5.32. The molecule has 1 aromatic carbocycles. The number of nitrogen functional groups attached to an aromatic ring is 1. The van der Waals surface area contributed by atoms with Crippen molar-refractivity contribution in [2.24, 2.45) is 0 Å². The van der Waals surface area contributed by atoms with Crippen molar-refractivity contribution < 1.29 is 23.4 Å². The Kier molecular flexibility index (Phi) is 6.13. The SMILES string of the molecule is CCCCN(CCO)S(=O)(=O)c1ccc(N)cc1C(=O)O. The number of sulfonamides is 1. The highest BCUT2D eigenvalue weighted by Gasteiger charge is 2.28. The van der Waals surface area contributed by atoms with Crippen molar-refractivity contribution in [1.82, 2.24) is 4.31 Å². The minimum Gasteiger partial charge on any atom is -0.478 e. The first-order valence-electron chi connectivity index (χ1n) is 6.58. The zero-order chi connectivity index (χ0) is 16.0. The van der Waals surface area contributed by atoms with Crippen LogP contribution in [0.15, 0.2) is 23.1 Å². The largest absolute Gasteiger partial charge is 0.478 e. The number of aliphatic hydroxyl groups is 1. The van der Waals surface area contributed by atoms with Crippen molar-refractivity contribution in [1.29, 1.82) is 0 Å². The van der Waals surface area contributed by atoms with Crippen molar-refractivity contribution in [2.45, 2.75) is 24.7 Å². The smallest absolute Gasteiger partial charge is 0.337 e. The van der Waals surface area contributed by atoms with E-state index in [0.717, 1.165) is 16.8 Å². The lowest BCUT2D eigenvalue weighted by Crippen LogP contribution is -2.35. The van der Waals surface area contributed by atoms with Gasteiger partial charge in [0.1, 0.15) is 0 Å². The predicted octanol–water partition coefficient (Wildman–Crippen LogP) is 0.750. The third-order valence-corrected chi connectivity index (χ3v) is 4.92. The molecule has 4 N–H and O–H groups in total. The van der Waals surface area contributed by atoms with Crippen LogP contribution in [0, 0.1) is 0 Å². The molecule has 21 heavy (non-hydrogen) atoms. The van der Waals surface area contributed by atoms with Crippen LogP contribution >= 0.6 is 0 Å². The molecule has 1 aromatic rings. The zero-order valence-corrected chi connectivity index (χ0v) is 12.6. The third-order valence-electron chi connectivity index (χ3n) is 2.96. The summed E-state index contributed by atoms with van der Waals surface area (Å²) in [6, 6.07) is 3.65. The average molecular weight is 316 g/mol. The Morgan fingerprint density at radius 1 is 1.33 bits per heavy atom. The van der Waals surface area contributed by atoms with Crippen LogP contribution < -0.4 is 5.73 Å². The summed E-state index contributed by atoms with van der Waals surface area (Å²) in [4.78, 5) is 10.9. The van der Waals surface area contributed by atoms with Gasteiger partial charge in [0.25, 0.3) is 0 Å². The molecule has 0 spiro atoms. The molecule has 0 radical (unpaired) electrons. The molecule has 0 saturated heterocycles. The number of carboxylic acid groups (broad SMARTS) is 1. The van der Waals surface area contributed by atoms with Gasteiger partial charge in [0.05, 0.1) is 17.1 Å². The van der Waals surface area contributed by atoms with Crippen molar-refractivity contribution in [3.63, 3.8) is 0 Å². The van der Waals surface area contributed by atoms with Crippen LogP contribution in [0.3, 0.4) is 0 Å². The minimum atomic E-state index is -3.99. The number of aromatic carboxylic acids is 1. The van der Waals surface area contributed by atoms with Gasteiger partial charge in [0.2, 0.25) is 10.0 Å². The van der Waals surface area contributed by atoms with Crippen LogP contribution in [0.1, 0.15) is 30.1 Å². The number of carboxylic acids is 1. The highest BCUT2D eigenvalue weighted by Crippen LogP contribution is 2.23. The molecule has 0 heterocycles. The molecule has 8 heteroatoms. The van der Waals surface area contributed by atoms with Crippen LogP contribution in [0.2, 0.25) is 0 Å². The average Bonchev–Trinajstić information content (AvgIpc) is 2.42. The molecule has 0 aromatic heterocycles. The predicted molar refractivity (Wildman–Crippen MR) is 78.6 cm³/mol. The number of unbranched alkanes of at least 4 members (excludes halogenated alkanes) is 1. The third kappa shape index (κ3) is 4.16. The molecule has 0 aliphatic carbocycles. The Morgan fingerprint density at radius 3 is 2.52 bits per heavy atom. The lowest BCUT2D eigenvalue weighted by Gasteiger charge is -2.22. The topological polar surface area (TPSA) is 121 Å². The van der Waals surface area contributed by atoms with Gasteiger partial charge >= 0.3 is 5.97 Å². The maximum atomic E-state index is 12.6. The van der Waals surface area contributed by atoms with Crippen LogP contribution in [-0.2, 0) is 10.0 Å². The van der Waals surface area contributed by atoms with Gasteiger partial charge in [-0.05, 0) is 24.6 Å². The quantitative estimate of drug-likeness (QED) is 0.609. The van der Waals surface area contributed by atoms with E-state index in [9.17, 15) is 13.2 Å². The molecular weight excluding hydrogens is 296 g/mol. The molecule has 0 aliphatic rings. The Hall–Kier alpha value is -1.64. The second-order valence-corrected chi connectivity index (χ2v) is 6.45. The molecule has 7 nitrogen and oxygen atoms in total. The number of hydrogen-bond acceptors (Lipinski definition) is 5. The minimum absolute atomic E-state index is 0.0776. The van der Waals surface area contributed by atoms with Crippen LogP contribution in [0.5, 0.6) is 0 Å². The fourth-order valence-electron chi connectivity index (χ4n) is 1.88. The lowest BCUT2D eigenvalue weighted by atomic mass is 10.2. The van der Waals surface area contributed by atoms with Crippen LogP contribution in [0.4, 0.5) is 5.69 Å². The molecule has 0 fully saturated rings. The molecule has 0 unspecified atom stereocenters. The molecule has 0 atom stereocenters. The van der Waals surface area contributed by atoms with E-state index in [-0.39, 0.29) is 35.8 Å². The van der Waals surface area contributed by atoms with Gasteiger partial charge in [-0.25, -0.2) is 13.2 Å². The van der Waals surface area contributed by atoms with E-state index >= 15 is 0 Å². The summed E-state index contributed by atoms with van der Waals surface area (Å²) in [5, 5.41) is 18.2. The first-order chi connectivity index (χ1) is 9.84. The van der Waals surface area contributed by atoms with E-state index in [4.69, 9.17) is 15.9 Å². The summed E-state index contributed by atoms with van der Waals surface area (Å²) in [6.07, 6.45) is 1.40. The van der Waals surface area contributed by atoms with E-state index in [2.05, 4.69) is 0 Å². The molecule has 0 amide bonds. The van der Waals surface area contributed by atoms with Gasteiger partial charge in [-0.2, -0.15) is 4.31 Å². The van der Waals surface area contributed by atoms with Crippen molar-refractivity contribution in [3.05, 3.63) is 23.8 Å². The first-order valence-corrected chi connectivity index (χ1v) is 8.02. The number of carbonyl (C=O) groups is 1. The summed E-state index contributed by atoms with van der Waals surface area (Å²) in [6.45, 7) is 1.73. The fraction of sp³-hybridized carbons (Fsp3) is 0.462. The van der Waals surface area contributed by atoms with Crippen LogP contribution in [-0.4, -0.2) is 48.6 Å². The number of anilines is 1. The standard InChI is InChI=1S/C13H20N2O5S/c1-2-3-6-15(7-8-16)21(19,20)12-5-4-10(14)9-11(12)13(17)18/h4-5,9,16H,2-3,6-8,14H2,1H3,(H,17,18). The first kappa shape index (κ1) is 17.4. The highest BCUT2D eigenvalue weighted by atomic mass is 32.2. The van der Waals surface area contributed by atoms with Gasteiger partial charge < -0.3 is 15.9 Å². The summed E-state index contributed by atoms with van der Waals surface area (Å²) < 4.78 is 26.2. The Morgan fingerprint density at radius 2 is 2.00 bits per heavy atom. The molecule has 0 bridgehead atoms. The van der Waals surface area contributed by atoms with Crippen molar-refractivity contribution >= 4 is 21.7 Å². The Bertz CT molecular complexity index is 601. The summed E-state index contributed by atoms with van der Waals surface area (Å²) in [7, 11) is -3.99. The molecule has 118 valence electrons. The number of nitrogens with two attached hydrogens (primary N) is 1. The van der Waals surface area contributed by atoms with Crippen molar-refractivity contribution in [2.75, 3.05) is 25.4 Å². The van der Waals surface area contributed by atoms with E-state index < -0.39 is 16.0 Å². The lowest BCUT2D eigenvalue weighted by molar-refractivity contribution is 0.0692. The van der Waals surface area contributed by atoms with E-state index in [1.807, 2.05) is 6.92 Å². The van der Waals surface area contributed by atoms with Gasteiger partial charge in [-0.3, -0.25) is 0 Å². The maximum Gasteiger partial charge on any atom is 0.337 e.